The minimum atomic E-state index is 0.0289. The van der Waals surface area contributed by atoms with Crippen molar-refractivity contribution in [3.8, 4) is 0 Å². The lowest BCUT2D eigenvalue weighted by atomic mass is 9.95. The maximum atomic E-state index is 6.12. The second-order valence-corrected chi connectivity index (χ2v) is 4.08. The molecular weight excluding hydrogens is 170 g/mol. The smallest absolute Gasteiger partial charge is 0.0488 e. The van der Waals surface area contributed by atoms with Crippen LogP contribution in [0.1, 0.15) is 36.6 Å². The molecule has 1 aromatic carbocycles. The highest BCUT2D eigenvalue weighted by molar-refractivity contribution is 5.38. The van der Waals surface area contributed by atoms with Crippen LogP contribution < -0.4 is 5.73 Å². The predicted molar refractivity (Wildman–Crippen MR) is 62.3 cm³/mol. The maximum absolute atomic E-state index is 6.12. The van der Waals surface area contributed by atoms with Gasteiger partial charge in [-0.15, -0.1) is 0 Å². The molecule has 1 unspecified atom stereocenters. The number of hydrogen-bond donors (Lipinski definition) is 1. The van der Waals surface area contributed by atoms with Crippen molar-refractivity contribution in [1.29, 1.82) is 0 Å². The predicted octanol–water partition coefficient (Wildman–Crippen LogP) is 3.27. The number of rotatable bonds is 2. The van der Waals surface area contributed by atoms with Gasteiger partial charge in [-0.3, -0.25) is 0 Å². The van der Waals surface area contributed by atoms with Gasteiger partial charge < -0.3 is 5.73 Å². The molecule has 0 aliphatic carbocycles. The van der Waals surface area contributed by atoms with Gasteiger partial charge in [0.2, 0.25) is 0 Å². The molecule has 0 amide bonds. The normalized spacial score (nSPS) is 12.4. The third kappa shape index (κ3) is 2.46. The van der Waals surface area contributed by atoms with E-state index in [2.05, 4.69) is 52.0 Å². The third-order valence-corrected chi connectivity index (χ3v) is 2.39. The SMILES string of the molecule is CC(C)=CC(N)c1c(C)cccc1C. The van der Waals surface area contributed by atoms with E-state index in [0.717, 1.165) is 0 Å². The van der Waals surface area contributed by atoms with Crippen molar-refractivity contribution in [2.24, 2.45) is 5.73 Å². The summed E-state index contributed by atoms with van der Waals surface area (Å²) in [6, 6.07) is 6.33. The third-order valence-electron chi connectivity index (χ3n) is 2.39. The number of hydrogen-bond acceptors (Lipinski definition) is 1. The van der Waals surface area contributed by atoms with E-state index in [9.17, 15) is 0 Å². The van der Waals surface area contributed by atoms with Gasteiger partial charge in [-0.2, -0.15) is 0 Å². The molecule has 0 aliphatic heterocycles. The van der Waals surface area contributed by atoms with E-state index in [1.54, 1.807) is 0 Å². The Morgan fingerprint density at radius 3 is 2.14 bits per heavy atom. The molecule has 0 aliphatic rings. The van der Waals surface area contributed by atoms with Crippen LogP contribution in [-0.2, 0) is 0 Å². The summed E-state index contributed by atoms with van der Waals surface area (Å²) in [7, 11) is 0. The van der Waals surface area contributed by atoms with Crippen molar-refractivity contribution in [1.82, 2.24) is 0 Å². The van der Waals surface area contributed by atoms with Crippen LogP contribution in [0.25, 0.3) is 0 Å². The second-order valence-electron chi connectivity index (χ2n) is 4.08. The summed E-state index contributed by atoms with van der Waals surface area (Å²) in [4.78, 5) is 0. The Balaban J connectivity index is 3.12. The molecule has 1 rings (SSSR count). The molecule has 0 radical (unpaired) electrons. The molecule has 1 aromatic rings. The van der Waals surface area contributed by atoms with Crippen LogP contribution in [0.4, 0.5) is 0 Å². The van der Waals surface area contributed by atoms with Crippen LogP contribution >= 0.6 is 0 Å². The summed E-state index contributed by atoms with van der Waals surface area (Å²) in [5.41, 5.74) is 11.2. The molecule has 1 atom stereocenters. The summed E-state index contributed by atoms with van der Waals surface area (Å²) in [6.07, 6.45) is 2.11. The van der Waals surface area contributed by atoms with Crippen molar-refractivity contribution < 1.29 is 0 Å². The Hall–Kier alpha value is -1.08. The molecule has 0 aromatic heterocycles. The zero-order valence-electron chi connectivity index (χ0n) is 9.46. The minimum absolute atomic E-state index is 0.0289. The Morgan fingerprint density at radius 2 is 1.71 bits per heavy atom. The number of allylic oxidation sites excluding steroid dienone is 1. The fourth-order valence-electron chi connectivity index (χ4n) is 1.80. The zero-order valence-corrected chi connectivity index (χ0v) is 9.46. The summed E-state index contributed by atoms with van der Waals surface area (Å²) in [5, 5.41) is 0. The topological polar surface area (TPSA) is 26.0 Å². The van der Waals surface area contributed by atoms with Crippen LogP contribution in [0.15, 0.2) is 29.8 Å². The fourth-order valence-corrected chi connectivity index (χ4v) is 1.80. The van der Waals surface area contributed by atoms with Gasteiger partial charge in [-0.05, 0) is 44.4 Å². The van der Waals surface area contributed by atoms with E-state index < -0.39 is 0 Å². The fraction of sp³-hybridized carbons (Fsp3) is 0.385. The van der Waals surface area contributed by atoms with Gasteiger partial charge >= 0.3 is 0 Å². The molecule has 0 heterocycles. The van der Waals surface area contributed by atoms with E-state index in [0.29, 0.717) is 0 Å². The van der Waals surface area contributed by atoms with Gasteiger partial charge in [-0.1, -0.05) is 29.8 Å². The summed E-state index contributed by atoms with van der Waals surface area (Å²) in [6.45, 7) is 8.38. The van der Waals surface area contributed by atoms with E-state index in [1.165, 1.54) is 22.3 Å². The quantitative estimate of drug-likeness (QED) is 0.710. The van der Waals surface area contributed by atoms with Crippen LogP contribution in [0.5, 0.6) is 0 Å². The Labute approximate surface area is 86.6 Å². The van der Waals surface area contributed by atoms with Crippen molar-refractivity contribution in [2.45, 2.75) is 33.7 Å². The first-order valence-corrected chi connectivity index (χ1v) is 4.99. The maximum Gasteiger partial charge on any atom is 0.0488 e. The number of benzene rings is 1. The molecule has 1 heteroatoms. The van der Waals surface area contributed by atoms with Gasteiger partial charge in [0.05, 0.1) is 0 Å². The van der Waals surface area contributed by atoms with Crippen LogP contribution in [-0.4, -0.2) is 0 Å². The molecule has 0 saturated heterocycles. The van der Waals surface area contributed by atoms with Crippen molar-refractivity contribution >= 4 is 0 Å². The van der Waals surface area contributed by atoms with E-state index in [1.807, 2.05) is 0 Å². The average Bonchev–Trinajstić information content (AvgIpc) is 2.01. The Bertz CT molecular complexity index is 326. The average molecular weight is 189 g/mol. The highest BCUT2D eigenvalue weighted by Gasteiger charge is 2.08. The molecular formula is C13H19N. The molecule has 14 heavy (non-hydrogen) atoms. The van der Waals surface area contributed by atoms with Gasteiger partial charge in [0, 0.05) is 6.04 Å². The standard InChI is InChI=1S/C13H19N/c1-9(2)8-12(14)13-10(3)6-5-7-11(13)4/h5-8,12H,14H2,1-4H3. The second kappa shape index (κ2) is 4.43. The number of nitrogens with two attached hydrogens (primary N) is 1. The van der Waals surface area contributed by atoms with Gasteiger partial charge in [0.1, 0.15) is 0 Å². The molecule has 0 fully saturated rings. The number of aryl methyl sites for hydroxylation is 2. The van der Waals surface area contributed by atoms with Crippen LogP contribution in [0.3, 0.4) is 0 Å². The van der Waals surface area contributed by atoms with E-state index >= 15 is 0 Å². The van der Waals surface area contributed by atoms with Gasteiger partial charge in [-0.25, -0.2) is 0 Å². The monoisotopic (exact) mass is 189 g/mol. The Kier molecular flexibility index (Phi) is 3.48. The lowest BCUT2D eigenvalue weighted by Crippen LogP contribution is -2.11. The molecule has 76 valence electrons. The minimum Gasteiger partial charge on any atom is -0.321 e. The summed E-state index contributed by atoms with van der Waals surface area (Å²) < 4.78 is 0. The molecule has 2 N–H and O–H groups in total. The van der Waals surface area contributed by atoms with E-state index in [-0.39, 0.29) is 6.04 Å². The lowest BCUT2D eigenvalue weighted by molar-refractivity contribution is 0.877. The first-order valence-electron chi connectivity index (χ1n) is 4.99. The summed E-state index contributed by atoms with van der Waals surface area (Å²) >= 11 is 0. The molecule has 0 bridgehead atoms. The highest BCUT2D eigenvalue weighted by atomic mass is 14.6. The zero-order chi connectivity index (χ0) is 10.7. The van der Waals surface area contributed by atoms with E-state index in [4.69, 9.17) is 5.73 Å². The molecule has 1 nitrogen and oxygen atoms in total. The molecule has 0 saturated carbocycles. The highest BCUT2D eigenvalue weighted by Crippen LogP contribution is 2.21. The first-order chi connectivity index (χ1) is 6.52. The van der Waals surface area contributed by atoms with Crippen molar-refractivity contribution in [3.05, 3.63) is 46.5 Å². The summed E-state index contributed by atoms with van der Waals surface area (Å²) in [5.74, 6) is 0. The van der Waals surface area contributed by atoms with Gasteiger partial charge in [0.25, 0.3) is 0 Å². The van der Waals surface area contributed by atoms with Gasteiger partial charge in [0.15, 0.2) is 0 Å². The Morgan fingerprint density at radius 1 is 1.21 bits per heavy atom. The lowest BCUT2D eigenvalue weighted by Gasteiger charge is -2.14. The van der Waals surface area contributed by atoms with Crippen LogP contribution in [0, 0.1) is 13.8 Å². The van der Waals surface area contributed by atoms with Crippen LogP contribution in [0.2, 0.25) is 0 Å². The van der Waals surface area contributed by atoms with Crippen molar-refractivity contribution in [2.75, 3.05) is 0 Å². The van der Waals surface area contributed by atoms with Crippen molar-refractivity contribution in [3.63, 3.8) is 0 Å². The first kappa shape index (κ1) is 11.0. The largest absolute Gasteiger partial charge is 0.321 e. The molecule has 0 spiro atoms.